The Morgan fingerprint density at radius 1 is 0.300 bits per heavy atom. The van der Waals surface area contributed by atoms with E-state index >= 15 is 0 Å². The van der Waals surface area contributed by atoms with Crippen molar-refractivity contribution in [2.45, 2.75) is 25.7 Å². The normalized spacial score (nSPS) is 28.8. The molecule has 0 saturated carbocycles. The van der Waals surface area contributed by atoms with Gasteiger partial charge in [-0.05, 0) is 25.7 Å². The second kappa shape index (κ2) is 13.4. The van der Waals surface area contributed by atoms with Crippen LogP contribution in [0.15, 0.2) is 97.2 Å². The van der Waals surface area contributed by atoms with E-state index in [4.69, 9.17) is 0 Å². The van der Waals surface area contributed by atoms with Crippen LogP contribution in [0.3, 0.4) is 0 Å². The highest BCUT2D eigenvalue weighted by atomic mass is 13.9. The summed E-state index contributed by atoms with van der Waals surface area (Å²) in [5.74, 6) is 0. The molecular formula is C20H24. The molecule has 0 heterocycles. The minimum absolute atomic E-state index is 1.16. The predicted molar refractivity (Wildman–Crippen MR) is 91.6 cm³/mol. The Morgan fingerprint density at radius 2 is 0.550 bits per heavy atom. The maximum atomic E-state index is 2.23. The third-order valence-electron chi connectivity index (χ3n) is 2.71. The van der Waals surface area contributed by atoms with Gasteiger partial charge in [-0.1, -0.05) is 97.2 Å². The van der Waals surface area contributed by atoms with Crippen LogP contribution < -0.4 is 0 Å². The Morgan fingerprint density at radius 3 is 0.850 bits per heavy atom. The first-order valence-corrected chi connectivity index (χ1v) is 7.32. The summed E-state index contributed by atoms with van der Waals surface area (Å²) in [6.45, 7) is 0. The second-order valence-electron chi connectivity index (χ2n) is 4.45. The van der Waals surface area contributed by atoms with Gasteiger partial charge in [-0.15, -0.1) is 0 Å². The van der Waals surface area contributed by atoms with Crippen molar-refractivity contribution in [1.29, 1.82) is 0 Å². The van der Waals surface area contributed by atoms with Crippen molar-refractivity contribution in [2.75, 3.05) is 0 Å². The van der Waals surface area contributed by atoms with Gasteiger partial charge in [-0.3, -0.25) is 0 Å². The summed E-state index contributed by atoms with van der Waals surface area (Å²) in [4.78, 5) is 0. The maximum absolute atomic E-state index is 2.23. The van der Waals surface area contributed by atoms with E-state index in [9.17, 15) is 0 Å². The van der Waals surface area contributed by atoms with Crippen molar-refractivity contribution in [3.63, 3.8) is 0 Å². The lowest BCUT2D eigenvalue weighted by Crippen LogP contribution is -1.71. The predicted octanol–water partition coefficient (Wildman–Crippen LogP) is 6.01. The Labute approximate surface area is 123 Å². The maximum Gasteiger partial charge on any atom is -0.0347 e. The largest absolute Gasteiger partial charge is 0.0845 e. The van der Waals surface area contributed by atoms with Gasteiger partial charge in [0.1, 0.15) is 0 Å². The molecule has 0 amide bonds. The van der Waals surface area contributed by atoms with Gasteiger partial charge in [0.05, 0.1) is 0 Å². The highest BCUT2D eigenvalue weighted by Crippen LogP contribution is 2.02. The molecule has 1 aliphatic rings. The van der Waals surface area contributed by atoms with E-state index in [1.54, 1.807) is 0 Å². The fraction of sp³-hybridized carbons (Fsp3) is 0.200. The topological polar surface area (TPSA) is 0 Å². The van der Waals surface area contributed by atoms with Gasteiger partial charge in [0.25, 0.3) is 0 Å². The van der Waals surface area contributed by atoms with Gasteiger partial charge in [0.15, 0.2) is 0 Å². The molecule has 1 aliphatic carbocycles. The van der Waals surface area contributed by atoms with E-state index in [0.717, 1.165) is 12.8 Å². The quantitative estimate of drug-likeness (QED) is 0.502. The summed E-state index contributed by atoms with van der Waals surface area (Å²) in [7, 11) is 0. The summed E-state index contributed by atoms with van der Waals surface area (Å²) >= 11 is 0. The number of hydrogen-bond donors (Lipinski definition) is 0. The summed E-state index contributed by atoms with van der Waals surface area (Å²) in [5, 5.41) is 0. The summed E-state index contributed by atoms with van der Waals surface area (Å²) in [6, 6.07) is 0. The van der Waals surface area contributed by atoms with Crippen molar-refractivity contribution in [3.8, 4) is 0 Å². The molecule has 0 fully saturated rings. The third kappa shape index (κ3) is 11.0. The van der Waals surface area contributed by atoms with E-state index in [0.29, 0.717) is 0 Å². The molecule has 0 N–H and O–H groups in total. The minimum atomic E-state index is 1.16. The second-order valence-corrected chi connectivity index (χ2v) is 4.45. The van der Waals surface area contributed by atoms with Crippen LogP contribution in [0.25, 0.3) is 0 Å². The van der Waals surface area contributed by atoms with Crippen LogP contribution in [-0.2, 0) is 0 Å². The smallest absolute Gasteiger partial charge is 0.0347 e. The molecule has 0 aliphatic heterocycles. The average Bonchev–Trinajstić information content (AvgIpc) is 2.46. The van der Waals surface area contributed by atoms with E-state index in [-0.39, 0.29) is 0 Å². The first-order chi connectivity index (χ1) is 10.0. The molecule has 0 aromatic heterocycles. The van der Waals surface area contributed by atoms with Gasteiger partial charge in [0, 0.05) is 0 Å². The van der Waals surface area contributed by atoms with Gasteiger partial charge < -0.3 is 0 Å². The Hall–Kier alpha value is -2.08. The third-order valence-corrected chi connectivity index (χ3v) is 2.71. The molecule has 0 radical (unpaired) electrons. The van der Waals surface area contributed by atoms with Gasteiger partial charge in [-0.25, -0.2) is 0 Å². The van der Waals surface area contributed by atoms with Crippen LogP contribution >= 0.6 is 0 Å². The lowest BCUT2D eigenvalue weighted by Gasteiger charge is -1.91. The average molecular weight is 264 g/mol. The van der Waals surface area contributed by atoms with Crippen molar-refractivity contribution < 1.29 is 0 Å². The van der Waals surface area contributed by atoms with E-state index in [1.807, 2.05) is 48.6 Å². The molecule has 104 valence electrons. The Bertz CT molecular complexity index is 404. The van der Waals surface area contributed by atoms with Gasteiger partial charge >= 0.3 is 0 Å². The zero-order valence-electron chi connectivity index (χ0n) is 12.1. The van der Waals surface area contributed by atoms with E-state index in [1.165, 1.54) is 12.8 Å². The molecule has 0 heteroatoms. The lowest BCUT2D eigenvalue weighted by atomic mass is 10.2. The zero-order chi connectivity index (χ0) is 14.1. The first-order valence-electron chi connectivity index (χ1n) is 7.32. The molecule has 0 unspecified atom stereocenters. The van der Waals surface area contributed by atoms with Crippen LogP contribution in [0.1, 0.15) is 25.7 Å². The molecule has 0 aromatic rings. The van der Waals surface area contributed by atoms with Crippen LogP contribution in [0.5, 0.6) is 0 Å². The fourth-order valence-electron chi connectivity index (χ4n) is 1.64. The van der Waals surface area contributed by atoms with Crippen molar-refractivity contribution in [3.05, 3.63) is 97.2 Å². The standard InChI is InChI=1S/C20H24/c1-2-4-6-8-10-12-14-16-18-20-19-17-15-13-11-9-7-5-3-1/h1-16H,17-20H2/b3-1+,4-2+,7-5-,8-6-,11-9+,12-10+,15-13+,16-14?. The van der Waals surface area contributed by atoms with Crippen LogP contribution in [0, 0.1) is 0 Å². The summed E-state index contributed by atoms with van der Waals surface area (Å²) < 4.78 is 0. The zero-order valence-corrected chi connectivity index (χ0v) is 12.1. The SMILES string of the molecule is C1=CCCCC/C=C/C=C/C=C\C=C\C=C\C=C/C=C/1. The van der Waals surface area contributed by atoms with Gasteiger partial charge in [0.2, 0.25) is 0 Å². The fourth-order valence-corrected chi connectivity index (χ4v) is 1.64. The number of hydrogen-bond acceptors (Lipinski definition) is 0. The highest BCUT2D eigenvalue weighted by molar-refractivity contribution is 5.21. The minimum Gasteiger partial charge on any atom is -0.0845 e. The monoisotopic (exact) mass is 264 g/mol. The van der Waals surface area contributed by atoms with Crippen molar-refractivity contribution in [2.24, 2.45) is 0 Å². The molecule has 0 atom stereocenters. The van der Waals surface area contributed by atoms with Crippen molar-refractivity contribution in [1.82, 2.24) is 0 Å². The molecule has 0 bridgehead atoms. The lowest BCUT2D eigenvalue weighted by molar-refractivity contribution is 0.762. The summed E-state index contributed by atoms with van der Waals surface area (Å²) in [6.07, 6.45) is 38.0. The Kier molecular flexibility index (Phi) is 10.7. The molecule has 0 spiro atoms. The van der Waals surface area contributed by atoms with Crippen LogP contribution in [-0.4, -0.2) is 0 Å². The summed E-state index contributed by atoms with van der Waals surface area (Å²) in [5.41, 5.74) is 0. The van der Waals surface area contributed by atoms with Crippen molar-refractivity contribution >= 4 is 0 Å². The Balaban J connectivity index is 2.52. The van der Waals surface area contributed by atoms with E-state index < -0.39 is 0 Å². The molecule has 1 rings (SSSR count). The van der Waals surface area contributed by atoms with Gasteiger partial charge in [-0.2, -0.15) is 0 Å². The number of allylic oxidation sites excluding steroid dienone is 16. The molecule has 0 saturated heterocycles. The van der Waals surface area contributed by atoms with Crippen LogP contribution in [0.4, 0.5) is 0 Å². The molecule has 0 nitrogen and oxygen atoms in total. The molecule has 20 heavy (non-hydrogen) atoms. The molecule has 0 aromatic carbocycles. The van der Waals surface area contributed by atoms with E-state index in [2.05, 4.69) is 48.6 Å². The first kappa shape index (κ1) is 16.0. The molecular weight excluding hydrogens is 240 g/mol. The number of rotatable bonds is 0. The van der Waals surface area contributed by atoms with Crippen LogP contribution in [0.2, 0.25) is 0 Å². The highest BCUT2D eigenvalue weighted by Gasteiger charge is 1.82.